The van der Waals surface area contributed by atoms with Gasteiger partial charge in [-0.3, -0.25) is 10.1 Å². The molecule has 2 atom stereocenters. The van der Waals surface area contributed by atoms with Crippen LogP contribution >= 0.6 is 0 Å². The summed E-state index contributed by atoms with van der Waals surface area (Å²) in [6.07, 6.45) is 1.78. The number of fused-ring (bicyclic) bond motifs is 1. The van der Waals surface area contributed by atoms with Crippen LogP contribution in [0.2, 0.25) is 0 Å². The van der Waals surface area contributed by atoms with Gasteiger partial charge in [0.1, 0.15) is 5.69 Å². The van der Waals surface area contributed by atoms with Gasteiger partial charge in [-0.15, -0.1) is 0 Å². The lowest BCUT2D eigenvalue weighted by Crippen LogP contribution is -2.47. The molecule has 0 amide bonds. The Balaban J connectivity index is 1.99. The van der Waals surface area contributed by atoms with E-state index in [9.17, 15) is 23.3 Å². The van der Waals surface area contributed by atoms with E-state index in [1.165, 1.54) is 12.5 Å². The van der Waals surface area contributed by atoms with Gasteiger partial charge in [-0.2, -0.15) is 13.2 Å². The van der Waals surface area contributed by atoms with E-state index in [4.69, 9.17) is 0 Å². The number of hydrogen-bond donors (Lipinski definition) is 0. The van der Waals surface area contributed by atoms with Crippen LogP contribution in [-0.2, 0) is 6.18 Å². The van der Waals surface area contributed by atoms with Crippen LogP contribution in [0.5, 0.6) is 0 Å². The largest absolute Gasteiger partial charge is 0.416 e. The summed E-state index contributed by atoms with van der Waals surface area (Å²) in [5.41, 5.74) is -1.07. The normalized spacial score (nSPS) is 25.1. The first-order valence-electron chi connectivity index (χ1n) is 8.00. The lowest BCUT2D eigenvalue weighted by atomic mass is 9.78. The van der Waals surface area contributed by atoms with Crippen molar-refractivity contribution < 1.29 is 18.1 Å². The average molecular weight is 328 g/mol. The van der Waals surface area contributed by atoms with Crippen LogP contribution in [0, 0.1) is 16.0 Å². The Kier molecular flexibility index (Phi) is 4.21. The number of nitro benzene ring substituents is 1. The van der Waals surface area contributed by atoms with Gasteiger partial charge in [0.2, 0.25) is 0 Å². The van der Waals surface area contributed by atoms with Gasteiger partial charge in [-0.25, -0.2) is 0 Å². The summed E-state index contributed by atoms with van der Waals surface area (Å²) in [5.74, 6) is 0.499. The maximum absolute atomic E-state index is 12.8. The van der Waals surface area contributed by atoms with E-state index in [0.29, 0.717) is 24.2 Å². The summed E-state index contributed by atoms with van der Waals surface area (Å²) in [5, 5.41) is 11.3. The topological polar surface area (TPSA) is 46.4 Å². The SMILES string of the molecule is O=[N+]([O-])c1cc(C(F)(F)F)ccc1N1CCC[C@@H]2CCCC[C@H]21. The van der Waals surface area contributed by atoms with E-state index in [2.05, 4.69) is 0 Å². The zero-order valence-electron chi connectivity index (χ0n) is 12.7. The number of piperidine rings is 1. The number of benzene rings is 1. The number of anilines is 1. The van der Waals surface area contributed by atoms with E-state index in [0.717, 1.165) is 38.2 Å². The van der Waals surface area contributed by atoms with Gasteiger partial charge in [0.15, 0.2) is 0 Å². The summed E-state index contributed by atoms with van der Waals surface area (Å²) in [7, 11) is 0. The minimum atomic E-state index is -4.57. The van der Waals surface area contributed by atoms with Crippen molar-refractivity contribution in [2.24, 2.45) is 5.92 Å². The van der Waals surface area contributed by atoms with Gasteiger partial charge in [0, 0.05) is 18.7 Å². The first kappa shape index (κ1) is 16.1. The third kappa shape index (κ3) is 3.14. The number of halogens is 3. The second kappa shape index (κ2) is 6.02. The monoisotopic (exact) mass is 328 g/mol. The molecule has 23 heavy (non-hydrogen) atoms. The highest BCUT2D eigenvalue weighted by Gasteiger charge is 2.38. The highest BCUT2D eigenvalue weighted by atomic mass is 19.4. The van der Waals surface area contributed by atoms with Crippen LogP contribution in [0.1, 0.15) is 44.1 Å². The fraction of sp³-hybridized carbons (Fsp3) is 0.625. The lowest BCUT2D eigenvalue weighted by Gasteiger charge is -2.45. The molecule has 3 rings (SSSR count). The van der Waals surface area contributed by atoms with Crippen LogP contribution in [0.25, 0.3) is 0 Å². The van der Waals surface area contributed by atoms with E-state index < -0.39 is 22.4 Å². The molecule has 0 radical (unpaired) electrons. The summed E-state index contributed by atoms with van der Waals surface area (Å²) in [6.45, 7) is 0.674. The van der Waals surface area contributed by atoms with Gasteiger partial charge in [-0.05, 0) is 43.7 Å². The Bertz CT molecular complexity index is 601. The van der Waals surface area contributed by atoms with Crippen molar-refractivity contribution in [2.45, 2.75) is 50.7 Å². The predicted octanol–water partition coefficient (Wildman–Crippen LogP) is 4.77. The number of hydrogen-bond acceptors (Lipinski definition) is 3. The van der Waals surface area contributed by atoms with Gasteiger partial charge in [-0.1, -0.05) is 12.8 Å². The second-order valence-corrected chi connectivity index (χ2v) is 6.41. The second-order valence-electron chi connectivity index (χ2n) is 6.41. The highest BCUT2D eigenvalue weighted by Crippen LogP contribution is 2.42. The third-order valence-corrected chi connectivity index (χ3v) is 5.05. The van der Waals surface area contributed by atoms with Gasteiger partial charge in [0.25, 0.3) is 5.69 Å². The molecule has 7 heteroatoms. The van der Waals surface area contributed by atoms with Crippen molar-refractivity contribution in [3.8, 4) is 0 Å². The molecule has 1 heterocycles. The van der Waals surface area contributed by atoms with Gasteiger partial charge >= 0.3 is 6.18 Å². The summed E-state index contributed by atoms with van der Waals surface area (Å²) < 4.78 is 38.5. The first-order valence-corrected chi connectivity index (χ1v) is 8.00. The molecule has 1 saturated carbocycles. The number of rotatable bonds is 2. The highest BCUT2D eigenvalue weighted by molar-refractivity contribution is 5.65. The van der Waals surface area contributed by atoms with Crippen molar-refractivity contribution in [2.75, 3.05) is 11.4 Å². The Hall–Kier alpha value is -1.79. The molecule has 4 nitrogen and oxygen atoms in total. The van der Waals surface area contributed by atoms with Gasteiger partial charge < -0.3 is 4.90 Å². The van der Waals surface area contributed by atoms with E-state index in [-0.39, 0.29) is 6.04 Å². The van der Waals surface area contributed by atoms with E-state index in [1.54, 1.807) is 0 Å². The van der Waals surface area contributed by atoms with Crippen molar-refractivity contribution in [1.82, 2.24) is 0 Å². The lowest BCUT2D eigenvalue weighted by molar-refractivity contribution is -0.384. The molecule has 0 aromatic heterocycles. The molecule has 2 fully saturated rings. The summed E-state index contributed by atoms with van der Waals surface area (Å²) in [6, 6.07) is 3.11. The van der Waals surface area contributed by atoms with Crippen molar-refractivity contribution in [3.63, 3.8) is 0 Å². The zero-order valence-corrected chi connectivity index (χ0v) is 12.7. The van der Waals surface area contributed by atoms with Crippen molar-refractivity contribution in [1.29, 1.82) is 0 Å². The summed E-state index contributed by atoms with van der Waals surface area (Å²) >= 11 is 0. The van der Waals surface area contributed by atoms with Crippen LogP contribution in [-0.4, -0.2) is 17.5 Å². The number of nitrogens with zero attached hydrogens (tertiary/aromatic N) is 2. The van der Waals surface area contributed by atoms with E-state index in [1.807, 2.05) is 4.90 Å². The zero-order chi connectivity index (χ0) is 16.6. The standard InChI is InChI=1S/C16H19F3N2O2/c17-16(18,19)12-7-8-14(15(10-12)21(22)23)20-9-3-5-11-4-1-2-6-13(11)20/h7-8,10-11,13H,1-6,9H2/t11-,13+/m0/s1. The Labute approximate surface area is 132 Å². The smallest absolute Gasteiger partial charge is 0.363 e. The van der Waals surface area contributed by atoms with Crippen molar-refractivity contribution >= 4 is 11.4 Å². The quantitative estimate of drug-likeness (QED) is 0.580. The molecule has 1 aliphatic heterocycles. The molecule has 1 aliphatic carbocycles. The fourth-order valence-electron chi connectivity index (χ4n) is 4.01. The third-order valence-electron chi connectivity index (χ3n) is 5.05. The minimum absolute atomic E-state index is 0.216. The molecule has 126 valence electrons. The Morgan fingerprint density at radius 3 is 2.52 bits per heavy atom. The molecule has 0 spiro atoms. The van der Waals surface area contributed by atoms with Crippen LogP contribution in [0.4, 0.5) is 24.5 Å². The molecular formula is C16H19F3N2O2. The molecule has 0 N–H and O–H groups in total. The molecule has 2 aliphatic rings. The Morgan fingerprint density at radius 1 is 1.13 bits per heavy atom. The average Bonchev–Trinajstić information content (AvgIpc) is 2.53. The molecule has 0 unspecified atom stereocenters. The molecule has 1 aromatic rings. The molecule has 1 aromatic carbocycles. The van der Waals surface area contributed by atoms with Crippen LogP contribution in [0.15, 0.2) is 18.2 Å². The first-order chi connectivity index (χ1) is 10.9. The molecular weight excluding hydrogens is 309 g/mol. The molecule has 0 bridgehead atoms. The predicted molar refractivity (Wildman–Crippen MR) is 80.4 cm³/mol. The fourth-order valence-corrected chi connectivity index (χ4v) is 4.01. The summed E-state index contributed by atoms with van der Waals surface area (Å²) in [4.78, 5) is 12.6. The maximum atomic E-state index is 12.8. The van der Waals surface area contributed by atoms with Gasteiger partial charge in [0.05, 0.1) is 10.5 Å². The number of nitro groups is 1. The molecule has 1 saturated heterocycles. The minimum Gasteiger partial charge on any atom is -0.363 e. The van der Waals surface area contributed by atoms with Crippen LogP contribution in [0.3, 0.4) is 0 Å². The van der Waals surface area contributed by atoms with Crippen molar-refractivity contribution in [3.05, 3.63) is 33.9 Å². The Morgan fingerprint density at radius 2 is 1.83 bits per heavy atom. The maximum Gasteiger partial charge on any atom is 0.416 e. The van der Waals surface area contributed by atoms with E-state index >= 15 is 0 Å². The number of alkyl halides is 3. The van der Waals surface area contributed by atoms with Crippen LogP contribution < -0.4 is 4.90 Å².